The molecule has 1 heterocycles. The molecule has 0 aliphatic carbocycles. The number of aryl methyl sites for hydroxylation is 2. The molecule has 0 spiro atoms. The summed E-state index contributed by atoms with van der Waals surface area (Å²) in [6.45, 7) is 7.19. The largest absolute Gasteiger partial charge is 0.382 e. The molecule has 1 N–H and O–H groups in total. The van der Waals surface area contributed by atoms with E-state index in [1.807, 2.05) is 11.6 Å². The van der Waals surface area contributed by atoms with Crippen molar-refractivity contribution in [1.29, 1.82) is 0 Å². The highest BCUT2D eigenvalue weighted by molar-refractivity contribution is 5.08. The Hall–Kier alpha value is -0.910. The second kappa shape index (κ2) is 7.42. The second-order valence-electron chi connectivity index (χ2n) is 4.04. The minimum absolute atomic E-state index is 0.0964. The maximum atomic E-state index is 5.28. The van der Waals surface area contributed by atoms with Crippen molar-refractivity contribution >= 4 is 0 Å². The molecule has 1 unspecified atom stereocenters. The first kappa shape index (κ1) is 14.2. The van der Waals surface area contributed by atoms with Crippen LogP contribution in [-0.2, 0) is 22.6 Å². The van der Waals surface area contributed by atoms with Crippen molar-refractivity contribution in [1.82, 2.24) is 15.1 Å². The van der Waals surface area contributed by atoms with Gasteiger partial charge in [-0.2, -0.15) is 5.10 Å². The molecule has 1 aromatic rings. The standard InChI is InChI=1S/C12H23N3O2/c1-5-15-11(6-10(2)14-15)7-13-8-12(17-4)9-16-3/h6,12-13H,5,7-9H2,1-4H3. The zero-order valence-corrected chi connectivity index (χ0v) is 11.2. The highest BCUT2D eigenvalue weighted by Crippen LogP contribution is 2.03. The molecule has 5 nitrogen and oxygen atoms in total. The van der Waals surface area contributed by atoms with Crippen LogP contribution in [0.4, 0.5) is 0 Å². The summed E-state index contributed by atoms with van der Waals surface area (Å²) in [4.78, 5) is 0. The lowest BCUT2D eigenvalue weighted by Gasteiger charge is -2.15. The summed E-state index contributed by atoms with van der Waals surface area (Å²) in [6.07, 6.45) is 0.0964. The van der Waals surface area contributed by atoms with E-state index in [9.17, 15) is 0 Å². The lowest BCUT2D eigenvalue weighted by molar-refractivity contribution is 0.0287. The summed E-state index contributed by atoms with van der Waals surface area (Å²) in [7, 11) is 3.38. The van der Waals surface area contributed by atoms with Crippen LogP contribution in [-0.4, -0.2) is 43.3 Å². The number of ether oxygens (including phenoxy) is 2. The predicted molar refractivity (Wildman–Crippen MR) is 67.0 cm³/mol. The van der Waals surface area contributed by atoms with Gasteiger partial charge in [0.2, 0.25) is 0 Å². The number of methoxy groups -OCH3 is 2. The highest BCUT2D eigenvalue weighted by atomic mass is 16.5. The van der Waals surface area contributed by atoms with Crippen LogP contribution in [0.3, 0.4) is 0 Å². The Bertz CT molecular complexity index is 326. The van der Waals surface area contributed by atoms with Crippen LogP contribution in [0.25, 0.3) is 0 Å². The number of rotatable bonds is 8. The first-order valence-corrected chi connectivity index (χ1v) is 5.97. The number of nitrogens with one attached hydrogen (secondary N) is 1. The molecule has 0 bridgehead atoms. The fourth-order valence-corrected chi connectivity index (χ4v) is 1.77. The first-order chi connectivity index (χ1) is 8.21. The Balaban J connectivity index is 2.39. The van der Waals surface area contributed by atoms with Gasteiger partial charge in [0.05, 0.1) is 24.1 Å². The lowest BCUT2D eigenvalue weighted by atomic mass is 10.3. The number of hydrogen-bond donors (Lipinski definition) is 1. The molecule has 1 rings (SSSR count). The van der Waals surface area contributed by atoms with Crippen molar-refractivity contribution in [3.05, 3.63) is 17.5 Å². The van der Waals surface area contributed by atoms with E-state index in [0.29, 0.717) is 6.61 Å². The molecular formula is C12H23N3O2. The van der Waals surface area contributed by atoms with Crippen molar-refractivity contribution in [3.63, 3.8) is 0 Å². The molecule has 0 fully saturated rings. The summed E-state index contributed by atoms with van der Waals surface area (Å²) in [5.74, 6) is 0. The minimum Gasteiger partial charge on any atom is -0.382 e. The Kier molecular flexibility index (Phi) is 6.18. The Morgan fingerprint density at radius 1 is 1.47 bits per heavy atom. The first-order valence-electron chi connectivity index (χ1n) is 5.97. The van der Waals surface area contributed by atoms with E-state index >= 15 is 0 Å². The van der Waals surface area contributed by atoms with Gasteiger partial charge in [0.1, 0.15) is 0 Å². The zero-order chi connectivity index (χ0) is 12.7. The summed E-state index contributed by atoms with van der Waals surface area (Å²) in [5, 5.41) is 7.76. The molecule has 0 aliphatic rings. The lowest BCUT2D eigenvalue weighted by Crippen LogP contribution is -2.32. The van der Waals surface area contributed by atoms with E-state index in [0.717, 1.165) is 25.3 Å². The highest BCUT2D eigenvalue weighted by Gasteiger charge is 2.08. The minimum atomic E-state index is 0.0964. The van der Waals surface area contributed by atoms with Gasteiger partial charge in [-0.1, -0.05) is 0 Å². The summed E-state index contributed by atoms with van der Waals surface area (Å²) in [6, 6.07) is 2.11. The van der Waals surface area contributed by atoms with Crippen molar-refractivity contribution < 1.29 is 9.47 Å². The third-order valence-electron chi connectivity index (χ3n) is 2.65. The molecule has 1 aromatic heterocycles. The zero-order valence-electron chi connectivity index (χ0n) is 11.2. The van der Waals surface area contributed by atoms with Crippen molar-refractivity contribution in [3.8, 4) is 0 Å². The molecule has 0 amide bonds. The monoisotopic (exact) mass is 241 g/mol. The van der Waals surface area contributed by atoms with Crippen LogP contribution in [0.2, 0.25) is 0 Å². The van der Waals surface area contributed by atoms with Crippen LogP contribution < -0.4 is 5.32 Å². The van der Waals surface area contributed by atoms with E-state index < -0.39 is 0 Å². The molecule has 98 valence electrons. The topological polar surface area (TPSA) is 48.3 Å². The SMILES string of the molecule is CCn1nc(C)cc1CNCC(COC)OC. The second-order valence-corrected chi connectivity index (χ2v) is 4.04. The van der Waals surface area contributed by atoms with E-state index in [1.165, 1.54) is 5.69 Å². The van der Waals surface area contributed by atoms with E-state index in [-0.39, 0.29) is 6.10 Å². The molecule has 0 radical (unpaired) electrons. The van der Waals surface area contributed by atoms with Crippen LogP contribution >= 0.6 is 0 Å². The van der Waals surface area contributed by atoms with E-state index in [1.54, 1.807) is 14.2 Å². The average molecular weight is 241 g/mol. The molecule has 17 heavy (non-hydrogen) atoms. The van der Waals surface area contributed by atoms with Crippen molar-refractivity contribution in [2.75, 3.05) is 27.4 Å². The van der Waals surface area contributed by atoms with Gasteiger partial charge in [-0.3, -0.25) is 4.68 Å². The van der Waals surface area contributed by atoms with Gasteiger partial charge in [0, 0.05) is 33.9 Å². The maximum absolute atomic E-state index is 5.28. The molecule has 0 aromatic carbocycles. The normalized spacial score (nSPS) is 12.9. The van der Waals surface area contributed by atoms with Crippen molar-refractivity contribution in [2.24, 2.45) is 0 Å². The number of hydrogen-bond acceptors (Lipinski definition) is 4. The quantitative estimate of drug-likeness (QED) is 0.736. The van der Waals surface area contributed by atoms with Gasteiger partial charge in [-0.05, 0) is 19.9 Å². The fraction of sp³-hybridized carbons (Fsp3) is 0.750. The Labute approximate surface area is 103 Å². The summed E-state index contributed by atoms with van der Waals surface area (Å²) < 4.78 is 12.4. The van der Waals surface area contributed by atoms with Gasteiger partial charge in [0.25, 0.3) is 0 Å². The van der Waals surface area contributed by atoms with Crippen LogP contribution in [0.5, 0.6) is 0 Å². The molecule has 0 saturated heterocycles. The van der Waals surface area contributed by atoms with E-state index in [4.69, 9.17) is 9.47 Å². The average Bonchev–Trinajstić information content (AvgIpc) is 2.68. The predicted octanol–water partition coefficient (Wildman–Crippen LogP) is 0.962. The summed E-state index contributed by atoms with van der Waals surface area (Å²) in [5.41, 5.74) is 2.26. The maximum Gasteiger partial charge on any atom is 0.0928 e. The smallest absolute Gasteiger partial charge is 0.0928 e. The number of aromatic nitrogens is 2. The van der Waals surface area contributed by atoms with Crippen LogP contribution in [0, 0.1) is 6.92 Å². The third-order valence-corrected chi connectivity index (χ3v) is 2.65. The summed E-state index contributed by atoms with van der Waals surface area (Å²) >= 11 is 0. The molecule has 0 aliphatic heterocycles. The van der Waals surface area contributed by atoms with Crippen LogP contribution in [0.15, 0.2) is 6.07 Å². The van der Waals surface area contributed by atoms with Crippen LogP contribution in [0.1, 0.15) is 18.3 Å². The molecule has 0 saturated carbocycles. The molecule has 5 heteroatoms. The van der Waals surface area contributed by atoms with Crippen molar-refractivity contribution in [2.45, 2.75) is 33.0 Å². The number of nitrogens with zero attached hydrogens (tertiary/aromatic N) is 2. The third kappa shape index (κ3) is 4.46. The van der Waals surface area contributed by atoms with Gasteiger partial charge < -0.3 is 14.8 Å². The van der Waals surface area contributed by atoms with E-state index in [2.05, 4.69) is 23.4 Å². The van der Waals surface area contributed by atoms with Gasteiger partial charge >= 0.3 is 0 Å². The van der Waals surface area contributed by atoms with Gasteiger partial charge in [-0.15, -0.1) is 0 Å². The Morgan fingerprint density at radius 3 is 2.82 bits per heavy atom. The van der Waals surface area contributed by atoms with Gasteiger partial charge in [-0.25, -0.2) is 0 Å². The molecule has 1 atom stereocenters. The van der Waals surface area contributed by atoms with Gasteiger partial charge in [0.15, 0.2) is 0 Å². The Morgan fingerprint density at radius 2 is 2.24 bits per heavy atom. The fourth-order valence-electron chi connectivity index (χ4n) is 1.77. The molecular weight excluding hydrogens is 218 g/mol.